The van der Waals surface area contributed by atoms with Crippen LogP contribution in [-0.2, 0) is 11.3 Å². The minimum Gasteiger partial charge on any atom is -0.383 e. The maximum atomic E-state index is 6.07. The Morgan fingerprint density at radius 2 is 2.11 bits per heavy atom. The Hall–Kier alpha value is -1.33. The average molecular weight is 281 g/mol. The fourth-order valence-electron chi connectivity index (χ4n) is 2.56. The summed E-state index contributed by atoms with van der Waals surface area (Å²) < 4.78 is 7.18. The lowest BCUT2D eigenvalue weighted by Crippen LogP contribution is -2.19. The van der Waals surface area contributed by atoms with E-state index >= 15 is 0 Å². The van der Waals surface area contributed by atoms with E-state index in [1.807, 2.05) is 6.20 Å². The first-order valence-electron chi connectivity index (χ1n) is 6.56. The molecule has 0 saturated carbocycles. The molecule has 3 rings (SSSR count). The molecule has 1 aliphatic rings. The first-order valence-corrected chi connectivity index (χ1v) is 6.93. The molecule has 0 bridgehead atoms. The van der Waals surface area contributed by atoms with Gasteiger partial charge in [-0.15, -0.1) is 0 Å². The number of aromatic nitrogens is 3. The van der Waals surface area contributed by atoms with Gasteiger partial charge in [-0.3, -0.25) is 0 Å². The summed E-state index contributed by atoms with van der Waals surface area (Å²) in [4.78, 5) is 11.1. The summed E-state index contributed by atoms with van der Waals surface area (Å²) in [6.07, 6.45) is 4.45. The van der Waals surface area contributed by atoms with E-state index in [4.69, 9.17) is 16.3 Å². The maximum Gasteiger partial charge on any atom is 0.226 e. The number of rotatable bonds is 4. The molecule has 0 spiro atoms. The number of ether oxygens (including phenoxy) is 1. The van der Waals surface area contributed by atoms with Crippen molar-refractivity contribution in [3.63, 3.8) is 0 Å². The van der Waals surface area contributed by atoms with Gasteiger partial charge in [-0.05, 0) is 30.5 Å². The van der Waals surface area contributed by atoms with E-state index in [0.29, 0.717) is 11.9 Å². The smallest absolute Gasteiger partial charge is 0.226 e. The molecular weight excluding hydrogens is 264 g/mol. The lowest BCUT2D eigenvalue weighted by atomic mass is 10.3. The van der Waals surface area contributed by atoms with Crippen LogP contribution in [0.5, 0.6) is 0 Å². The fourth-order valence-corrected chi connectivity index (χ4v) is 2.72. The highest BCUT2D eigenvalue weighted by Crippen LogP contribution is 2.28. The minimum absolute atomic E-state index is 0.312. The maximum absolute atomic E-state index is 6.07. The van der Waals surface area contributed by atoms with Crippen molar-refractivity contribution in [2.24, 2.45) is 0 Å². The van der Waals surface area contributed by atoms with Gasteiger partial charge in [0.05, 0.1) is 12.0 Å². The van der Waals surface area contributed by atoms with E-state index in [1.54, 1.807) is 7.11 Å². The van der Waals surface area contributed by atoms with Gasteiger partial charge < -0.3 is 14.2 Å². The van der Waals surface area contributed by atoms with Crippen LogP contribution in [-0.4, -0.2) is 41.3 Å². The number of hydrogen-bond donors (Lipinski definition) is 0. The van der Waals surface area contributed by atoms with E-state index in [-0.39, 0.29) is 0 Å². The molecule has 0 atom stereocenters. The Kier molecular flexibility index (Phi) is 3.57. The number of halogens is 1. The van der Waals surface area contributed by atoms with Crippen LogP contribution >= 0.6 is 11.6 Å². The summed E-state index contributed by atoms with van der Waals surface area (Å²) >= 11 is 6.07. The van der Waals surface area contributed by atoms with Gasteiger partial charge >= 0.3 is 0 Å². The third-order valence-corrected chi connectivity index (χ3v) is 3.68. The molecule has 0 aliphatic carbocycles. The quantitative estimate of drug-likeness (QED) is 0.806. The molecule has 0 N–H and O–H groups in total. The zero-order valence-corrected chi connectivity index (χ0v) is 11.7. The molecule has 19 heavy (non-hydrogen) atoms. The first-order chi connectivity index (χ1) is 9.29. The van der Waals surface area contributed by atoms with E-state index in [2.05, 4.69) is 25.5 Å². The van der Waals surface area contributed by atoms with Crippen LogP contribution in [0.3, 0.4) is 0 Å². The zero-order chi connectivity index (χ0) is 13.2. The second kappa shape index (κ2) is 5.35. The predicted molar refractivity (Wildman–Crippen MR) is 75.9 cm³/mol. The molecule has 6 heteroatoms. The van der Waals surface area contributed by atoms with Gasteiger partial charge in [-0.1, -0.05) is 0 Å². The van der Waals surface area contributed by atoms with Crippen molar-refractivity contribution in [2.45, 2.75) is 19.4 Å². The fraction of sp³-hybridized carbons (Fsp3) is 0.538. The van der Waals surface area contributed by atoms with Gasteiger partial charge in [0.25, 0.3) is 0 Å². The molecule has 0 radical (unpaired) electrons. The Bertz CT molecular complexity index is 577. The number of anilines is 1. The Morgan fingerprint density at radius 1 is 1.32 bits per heavy atom. The second-order valence-electron chi connectivity index (χ2n) is 4.75. The van der Waals surface area contributed by atoms with Crippen molar-refractivity contribution in [1.82, 2.24) is 14.5 Å². The van der Waals surface area contributed by atoms with Crippen LogP contribution < -0.4 is 4.90 Å². The van der Waals surface area contributed by atoms with Gasteiger partial charge in [0.1, 0.15) is 11.5 Å². The predicted octanol–water partition coefficient (Wildman–Crippen LogP) is 2.33. The lowest BCUT2D eigenvalue weighted by molar-refractivity contribution is 0.188. The Balaban J connectivity index is 2.04. The number of nitrogens with zero attached hydrogens (tertiary/aromatic N) is 4. The van der Waals surface area contributed by atoms with Crippen LogP contribution in [0.1, 0.15) is 12.8 Å². The van der Waals surface area contributed by atoms with Crippen molar-refractivity contribution in [2.75, 3.05) is 31.7 Å². The summed E-state index contributed by atoms with van der Waals surface area (Å²) in [6, 6.07) is 2.06. The molecule has 0 aromatic carbocycles. The highest BCUT2D eigenvalue weighted by atomic mass is 35.5. The van der Waals surface area contributed by atoms with Crippen LogP contribution in [0.15, 0.2) is 12.3 Å². The van der Waals surface area contributed by atoms with Gasteiger partial charge in [-0.25, -0.2) is 0 Å². The average Bonchev–Trinajstić information content (AvgIpc) is 3.05. The topological polar surface area (TPSA) is 43.2 Å². The van der Waals surface area contributed by atoms with Crippen LogP contribution in [0.4, 0.5) is 5.82 Å². The highest BCUT2D eigenvalue weighted by molar-refractivity contribution is 6.28. The largest absolute Gasteiger partial charge is 0.383 e. The summed E-state index contributed by atoms with van der Waals surface area (Å²) in [6.45, 7) is 3.52. The molecule has 1 aliphatic heterocycles. The summed E-state index contributed by atoms with van der Waals surface area (Å²) in [5.74, 6) is 0.962. The number of fused-ring (bicyclic) bond motifs is 1. The van der Waals surface area contributed by atoms with Crippen molar-refractivity contribution in [3.05, 3.63) is 17.5 Å². The van der Waals surface area contributed by atoms with Gasteiger partial charge in [0.15, 0.2) is 0 Å². The molecule has 102 valence electrons. The molecule has 3 heterocycles. The number of methoxy groups -OCH3 is 1. The van der Waals surface area contributed by atoms with Crippen LogP contribution in [0.2, 0.25) is 5.28 Å². The minimum atomic E-state index is 0.312. The summed E-state index contributed by atoms with van der Waals surface area (Å²) in [7, 11) is 1.70. The zero-order valence-electron chi connectivity index (χ0n) is 11.0. The summed E-state index contributed by atoms with van der Waals surface area (Å²) in [5.41, 5.74) is 0.888. The number of hydrogen-bond acceptors (Lipinski definition) is 4. The molecule has 5 nitrogen and oxygen atoms in total. The third kappa shape index (κ3) is 2.40. The third-order valence-electron chi connectivity index (χ3n) is 3.51. The van der Waals surface area contributed by atoms with E-state index in [0.717, 1.165) is 36.5 Å². The SMILES string of the molecule is COCCn1ccc2c(N3CCCC3)nc(Cl)nc21. The molecule has 1 saturated heterocycles. The molecule has 2 aromatic heterocycles. The van der Waals surface area contributed by atoms with E-state index < -0.39 is 0 Å². The van der Waals surface area contributed by atoms with Gasteiger partial charge in [-0.2, -0.15) is 9.97 Å². The van der Waals surface area contributed by atoms with Gasteiger partial charge in [0.2, 0.25) is 5.28 Å². The normalized spacial score (nSPS) is 15.6. The van der Waals surface area contributed by atoms with E-state index in [1.165, 1.54) is 12.8 Å². The first kappa shape index (κ1) is 12.7. The monoisotopic (exact) mass is 280 g/mol. The molecule has 0 unspecified atom stereocenters. The molecule has 0 amide bonds. The Morgan fingerprint density at radius 3 is 2.84 bits per heavy atom. The standard InChI is InChI=1S/C13H17ClN4O/c1-19-9-8-18-7-4-10-11(17-5-2-3-6-17)15-13(14)16-12(10)18/h4,7H,2-3,5-6,8-9H2,1H3. The lowest BCUT2D eigenvalue weighted by Gasteiger charge is -2.17. The van der Waals surface area contributed by atoms with Crippen LogP contribution in [0.25, 0.3) is 11.0 Å². The van der Waals surface area contributed by atoms with E-state index in [9.17, 15) is 0 Å². The molecule has 2 aromatic rings. The summed E-state index contributed by atoms with van der Waals surface area (Å²) in [5, 5.41) is 1.38. The second-order valence-corrected chi connectivity index (χ2v) is 5.09. The van der Waals surface area contributed by atoms with Gasteiger partial charge in [0, 0.05) is 32.9 Å². The Labute approximate surface area is 117 Å². The van der Waals surface area contributed by atoms with Crippen molar-refractivity contribution < 1.29 is 4.74 Å². The molecule has 1 fully saturated rings. The van der Waals surface area contributed by atoms with Crippen LogP contribution in [0, 0.1) is 0 Å². The van der Waals surface area contributed by atoms with Crippen molar-refractivity contribution in [3.8, 4) is 0 Å². The van der Waals surface area contributed by atoms with Crippen molar-refractivity contribution >= 4 is 28.5 Å². The highest BCUT2D eigenvalue weighted by Gasteiger charge is 2.19. The van der Waals surface area contributed by atoms with Crippen molar-refractivity contribution in [1.29, 1.82) is 0 Å². The molecular formula is C13H17ClN4O.